The van der Waals surface area contributed by atoms with Gasteiger partial charge in [-0.1, -0.05) is 6.07 Å². The number of benzene rings is 1. The summed E-state index contributed by atoms with van der Waals surface area (Å²) >= 11 is 1.54. The van der Waals surface area contributed by atoms with Crippen molar-refractivity contribution in [3.05, 3.63) is 51.7 Å². The van der Waals surface area contributed by atoms with Crippen LogP contribution in [0.15, 0.2) is 29.6 Å². The summed E-state index contributed by atoms with van der Waals surface area (Å²) in [6.45, 7) is 4.18. The van der Waals surface area contributed by atoms with Crippen LogP contribution in [0.4, 0.5) is 14.5 Å². The first-order chi connectivity index (χ1) is 9.52. The van der Waals surface area contributed by atoms with Gasteiger partial charge in [0, 0.05) is 16.5 Å². The molecule has 0 bridgehead atoms. The van der Waals surface area contributed by atoms with Gasteiger partial charge in [-0.25, -0.2) is 8.78 Å². The monoisotopic (exact) mass is 295 g/mol. The van der Waals surface area contributed by atoms with E-state index in [0.717, 1.165) is 17.0 Å². The molecule has 0 aliphatic rings. The van der Waals surface area contributed by atoms with E-state index in [1.165, 1.54) is 11.3 Å². The highest BCUT2D eigenvalue weighted by atomic mass is 32.1. The van der Waals surface area contributed by atoms with Crippen LogP contribution < -0.4 is 4.90 Å². The Kier molecular flexibility index (Phi) is 4.49. The van der Waals surface area contributed by atoms with Crippen LogP contribution in [-0.2, 0) is 6.54 Å². The van der Waals surface area contributed by atoms with Crippen molar-refractivity contribution in [2.45, 2.75) is 26.4 Å². The van der Waals surface area contributed by atoms with E-state index in [4.69, 9.17) is 0 Å². The second kappa shape index (κ2) is 6.13. The van der Waals surface area contributed by atoms with E-state index in [0.29, 0.717) is 12.8 Å². The number of halogens is 2. The fraction of sp³-hybridized carbons (Fsp3) is 0.267. The second-order valence-electron chi connectivity index (χ2n) is 4.75. The van der Waals surface area contributed by atoms with E-state index >= 15 is 0 Å². The van der Waals surface area contributed by atoms with Gasteiger partial charge in [0.15, 0.2) is 0 Å². The summed E-state index contributed by atoms with van der Waals surface area (Å²) in [6.07, 6.45) is 0.439. The predicted molar refractivity (Wildman–Crippen MR) is 77.4 cm³/mol. The van der Waals surface area contributed by atoms with Crippen LogP contribution >= 0.6 is 11.3 Å². The van der Waals surface area contributed by atoms with Crippen LogP contribution in [0.5, 0.6) is 0 Å². The summed E-state index contributed by atoms with van der Waals surface area (Å²) in [6, 6.07) is 5.89. The number of hydrogen-bond donors (Lipinski definition) is 0. The van der Waals surface area contributed by atoms with E-state index in [2.05, 4.69) is 0 Å². The van der Waals surface area contributed by atoms with E-state index < -0.39 is 11.6 Å². The lowest BCUT2D eigenvalue weighted by molar-refractivity contribution is 0.112. The Morgan fingerprint density at radius 2 is 1.95 bits per heavy atom. The molecule has 0 saturated heterocycles. The lowest BCUT2D eigenvalue weighted by Crippen LogP contribution is -2.31. The molecule has 0 amide bonds. The highest BCUT2D eigenvalue weighted by molar-refractivity contribution is 7.09. The van der Waals surface area contributed by atoms with E-state index in [9.17, 15) is 13.6 Å². The summed E-state index contributed by atoms with van der Waals surface area (Å²) in [7, 11) is 0. The van der Waals surface area contributed by atoms with E-state index in [1.54, 1.807) is 4.90 Å². The van der Waals surface area contributed by atoms with Crippen LogP contribution in [0.1, 0.15) is 29.1 Å². The average Bonchev–Trinajstić information content (AvgIpc) is 2.89. The van der Waals surface area contributed by atoms with Gasteiger partial charge in [0.1, 0.15) is 23.6 Å². The molecule has 0 spiro atoms. The maximum absolute atomic E-state index is 14.1. The first-order valence-corrected chi connectivity index (χ1v) is 7.14. The van der Waals surface area contributed by atoms with Crippen LogP contribution in [0.2, 0.25) is 0 Å². The lowest BCUT2D eigenvalue weighted by atomic mass is 10.1. The normalized spacial score (nSPS) is 10.8. The van der Waals surface area contributed by atoms with Crippen LogP contribution in [0.25, 0.3) is 0 Å². The van der Waals surface area contributed by atoms with Gasteiger partial charge in [0.2, 0.25) is 0 Å². The molecule has 5 heteroatoms. The minimum atomic E-state index is -0.711. The van der Waals surface area contributed by atoms with Crippen LogP contribution in [-0.4, -0.2) is 12.3 Å². The van der Waals surface area contributed by atoms with Crippen molar-refractivity contribution in [1.29, 1.82) is 0 Å². The molecule has 2 nitrogen and oxygen atoms in total. The lowest BCUT2D eigenvalue weighted by Gasteiger charge is -2.29. The molecule has 2 aromatic rings. The highest BCUT2D eigenvalue weighted by Gasteiger charge is 2.21. The molecule has 0 N–H and O–H groups in total. The van der Waals surface area contributed by atoms with Gasteiger partial charge >= 0.3 is 0 Å². The average molecular weight is 295 g/mol. The number of carbonyl (C=O) groups excluding carboxylic acids is 1. The second-order valence-corrected chi connectivity index (χ2v) is 5.78. The van der Waals surface area contributed by atoms with Gasteiger partial charge in [-0.05, 0) is 37.4 Å². The van der Waals surface area contributed by atoms with Gasteiger partial charge in [0.25, 0.3) is 0 Å². The van der Waals surface area contributed by atoms with E-state index in [1.807, 2.05) is 31.4 Å². The Morgan fingerprint density at radius 3 is 2.40 bits per heavy atom. The fourth-order valence-corrected chi connectivity index (χ4v) is 2.72. The number of anilines is 1. The maximum Gasteiger partial charge on any atom is 0.150 e. The third kappa shape index (κ3) is 3.04. The Morgan fingerprint density at radius 1 is 1.30 bits per heavy atom. The zero-order valence-electron chi connectivity index (χ0n) is 11.3. The largest absolute Gasteiger partial charge is 0.359 e. The predicted octanol–water partition coefficient (Wildman–Crippen LogP) is 4.25. The molecule has 0 atom stereocenters. The Balaban J connectivity index is 2.41. The molecule has 0 aliphatic carbocycles. The van der Waals surface area contributed by atoms with Crippen molar-refractivity contribution in [3.8, 4) is 0 Å². The zero-order chi connectivity index (χ0) is 14.7. The molecule has 0 unspecified atom stereocenters. The molecule has 20 heavy (non-hydrogen) atoms. The SMILES string of the molecule is CC(C)N(Cc1cccs1)c1c(F)cc(C=O)cc1F. The molecule has 1 aromatic heterocycles. The van der Waals surface area contributed by atoms with E-state index in [-0.39, 0.29) is 17.3 Å². The molecule has 2 rings (SSSR count). The Labute approximate surface area is 120 Å². The quantitative estimate of drug-likeness (QED) is 0.768. The molecular formula is C15H15F2NOS. The molecule has 0 saturated carbocycles. The first-order valence-electron chi connectivity index (χ1n) is 6.26. The van der Waals surface area contributed by atoms with Crippen molar-refractivity contribution in [2.75, 3.05) is 4.90 Å². The van der Waals surface area contributed by atoms with Crippen molar-refractivity contribution in [2.24, 2.45) is 0 Å². The van der Waals surface area contributed by atoms with Gasteiger partial charge < -0.3 is 4.90 Å². The molecule has 106 valence electrons. The van der Waals surface area contributed by atoms with Crippen LogP contribution in [0.3, 0.4) is 0 Å². The van der Waals surface area contributed by atoms with Crippen molar-refractivity contribution in [1.82, 2.24) is 0 Å². The van der Waals surface area contributed by atoms with Gasteiger partial charge in [-0.3, -0.25) is 4.79 Å². The van der Waals surface area contributed by atoms with Crippen LogP contribution in [0, 0.1) is 11.6 Å². The maximum atomic E-state index is 14.1. The molecular weight excluding hydrogens is 280 g/mol. The van der Waals surface area contributed by atoms with Gasteiger partial charge in [-0.15, -0.1) is 11.3 Å². The smallest absolute Gasteiger partial charge is 0.150 e. The molecule has 1 aromatic carbocycles. The standard InChI is InChI=1S/C15H15F2NOS/c1-10(2)18(8-12-4-3-5-20-12)15-13(16)6-11(9-19)7-14(15)17/h3-7,9-10H,8H2,1-2H3. The molecule has 0 fully saturated rings. The topological polar surface area (TPSA) is 20.3 Å². The van der Waals surface area contributed by atoms with Gasteiger partial charge in [0.05, 0.1) is 6.54 Å². The van der Waals surface area contributed by atoms with Gasteiger partial charge in [-0.2, -0.15) is 0 Å². The number of nitrogens with zero attached hydrogens (tertiary/aromatic N) is 1. The fourth-order valence-electron chi connectivity index (χ4n) is 2.02. The number of hydrogen-bond acceptors (Lipinski definition) is 3. The minimum Gasteiger partial charge on any atom is -0.359 e. The van der Waals surface area contributed by atoms with Crippen molar-refractivity contribution >= 4 is 23.3 Å². The summed E-state index contributed by atoms with van der Waals surface area (Å²) in [4.78, 5) is 13.3. The van der Waals surface area contributed by atoms with Crippen molar-refractivity contribution in [3.63, 3.8) is 0 Å². The summed E-state index contributed by atoms with van der Waals surface area (Å²) < 4.78 is 28.2. The molecule has 0 radical (unpaired) electrons. The highest BCUT2D eigenvalue weighted by Crippen LogP contribution is 2.28. The Bertz CT molecular complexity index is 573. The third-order valence-corrected chi connectivity index (χ3v) is 3.85. The first kappa shape index (κ1) is 14.7. The zero-order valence-corrected chi connectivity index (χ0v) is 12.1. The summed E-state index contributed by atoms with van der Waals surface area (Å²) in [5.74, 6) is -1.42. The van der Waals surface area contributed by atoms with Crippen molar-refractivity contribution < 1.29 is 13.6 Å². The third-order valence-electron chi connectivity index (χ3n) is 2.99. The number of rotatable bonds is 5. The number of carbonyl (C=O) groups is 1. The molecule has 1 heterocycles. The Hall–Kier alpha value is -1.75. The number of thiophene rings is 1. The molecule has 0 aliphatic heterocycles. The minimum absolute atomic E-state index is 0.00331. The summed E-state index contributed by atoms with van der Waals surface area (Å²) in [5, 5.41) is 1.93. The number of aldehydes is 1. The summed E-state index contributed by atoms with van der Waals surface area (Å²) in [5.41, 5.74) is -0.0809.